The summed E-state index contributed by atoms with van der Waals surface area (Å²) in [5, 5.41) is 0. The van der Waals surface area contributed by atoms with Gasteiger partial charge in [-0.15, -0.1) is 0 Å². The molecule has 0 unspecified atom stereocenters. The number of pyridine rings is 1. The lowest BCUT2D eigenvalue weighted by Crippen LogP contribution is -2.27. The van der Waals surface area contributed by atoms with E-state index in [-0.39, 0.29) is 11.4 Å². The minimum atomic E-state index is -3.72. The van der Waals surface area contributed by atoms with Gasteiger partial charge in [0.15, 0.2) is 5.58 Å². The number of aryl methyl sites for hydroxylation is 2. The minimum absolute atomic E-state index is 0.0995. The van der Waals surface area contributed by atoms with E-state index in [2.05, 4.69) is 4.98 Å². The molecule has 24 heavy (non-hydrogen) atoms. The van der Waals surface area contributed by atoms with E-state index in [1.807, 2.05) is 13.0 Å². The van der Waals surface area contributed by atoms with Gasteiger partial charge in [-0.05, 0) is 36.8 Å². The van der Waals surface area contributed by atoms with Gasteiger partial charge in [0.25, 0.3) is 0 Å². The first-order chi connectivity index (χ1) is 11.3. The first-order valence-corrected chi connectivity index (χ1v) is 8.71. The molecule has 0 bridgehead atoms. The van der Waals surface area contributed by atoms with Crippen LogP contribution in [0.2, 0.25) is 0 Å². The van der Waals surface area contributed by atoms with Crippen LogP contribution in [0.5, 0.6) is 0 Å². The molecule has 0 saturated carbocycles. The zero-order valence-electron chi connectivity index (χ0n) is 13.6. The number of benzene rings is 1. The van der Waals surface area contributed by atoms with Crippen molar-refractivity contribution in [3.63, 3.8) is 0 Å². The maximum absolute atomic E-state index is 12.8. The third-order valence-electron chi connectivity index (χ3n) is 3.96. The molecule has 0 aliphatic carbocycles. The fourth-order valence-corrected chi connectivity index (χ4v) is 3.58. The predicted octanol–water partition coefficient (Wildman–Crippen LogP) is 1.66. The summed E-state index contributed by atoms with van der Waals surface area (Å²) in [6.45, 7) is 2.05. The van der Waals surface area contributed by atoms with Crippen LogP contribution in [-0.2, 0) is 23.6 Å². The lowest BCUT2D eigenvalue weighted by atomic mass is 10.2. The second-order valence-corrected chi connectivity index (χ2v) is 7.63. The van der Waals surface area contributed by atoms with Crippen molar-refractivity contribution < 1.29 is 12.8 Å². The molecule has 0 saturated heterocycles. The number of nitrogens with zero attached hydrogens (tertiary/aromatic N) is 3. The van der Waals surface area contributed by atoms with Gasteiger partial charge in [0.2, 0.25) is 10.0 Å². The van der Waals surface area contributed by atoms with Gasteiger partial charge in [-0.1, -0.05) is 6.07 Å². The molecular formula is C16H17N3O4S. The standard InChI is InChI=1S/C16H17N3O4S/c1-11-5-4-8-17-13(11)10-18(2)24(21,22)12-6-7-15-14(9-12)19(3)16(20)23-15/h4-9H,10H2,1-3H3. The topological polar surface area (TPSA) is 85.4 Å². The van der Waals surface area contributed by atoms with Crippen molar-refractivity contribution in [3.8, 4) is 0 Å². The molecule has 0 aliphatic heterocycles. The number of aromatic nitrogens is 2. The highest BCUT2D eigenvalue weighted by atomic mass is 32.2. The van der Waals surface area contributed by atoms with Gasteiger partial charge in [0.1, 0.15) is 0 Å². The normalized spacial score (nSPS) is 12.2. The molecule has 0 spiro atoms. The second-order valence-electron chi connectivity index (χ2n) is 5.58. The van der Waals surface area contributed by atoms with E-state index >= 15 is 0 Å². The summed E-state index contributed by atoms with van der Waals surface area (Å²) in [5.41, 5.74) is 2.40. The Morgan fingerprint density at radius 1 is 1.29 bits per heavy atom. The summed E-state index contributed by atoms with van der Waals surface area (Å²) in [7, 11) is -0.681. The highest BCUT2D eigenvalue weighted by molar-refractivity contribution is 7.89. The molecule has 0 radical (unpaired) electrons. The summed E-state index contributed by atoms with van der Waals surface area (Å²) in [4.78, 5) is 15.9. The molecule has 7 nitrogen and oxygen atoms in total. The minimum Gasteiger partial charge on any atom is -0.408 e. The molecular weight excluding hydrogens is 330 g/mol. The van der Waals surface area contributed by atoms with Crippen molar-refractivity contribution in [2.24, 2.45) is 7.05 Å². The van der Waals surface area contributed by atoms with Crippen molar-refractivity contribution in [3.05, 3.63) is 58.3 Å². The maximum Gasteiger partial charge on any atom is 0.419 e. The van der Waals surface area contributed by atoms with E-state index in [4.69, 9.17) is 4.42 Å². The lowest BCUT2D eigenvalue weighted by Gasteiger charge is -2.17. The van der Waals surface area contributed by atoms with Crippen LogP contribution < -0.4 is 5.76 Å². The first kappa shape index (κ1) is 16.4. The van der Waals surface area contributed by atoms with Crippen molar-refractivity contribution >= 4 is 21.1 Å². The Balaban J connectivity index is 1.99. The molecule has 3 rings (SSSR count). The van der Waals surface area contributed by atoms with Crippen molar-refractivity contribution in [1.82, 2.24) is 13.9 Å². The molecule has 0 amide bonds. The Bertz CT molecular complexity index is 1070. The van der Waals surface area contributed by atoms with Crippen molar-refractivity contribution in [2.45, 2.75) is 18.4 Å². The highest BCUT2D eigenvalue weighted by Crippen LogP contribution is 2.21. The zero-order chi connectivity index (χ0) is 17.5. The van der Waals surface area contributed by atoms with Gasteiger partial charge in [-0.25, -0.2) is 13.2 Å². The lowest BCUT2D eigenvalue weighted by molar-refractivity contribution is 0.461. The predicted molar refractivity (Wildman–Crippen MR) is 89.1 cm³/mol. The number of rotatable bonds is 4. The van der Waals surface area contributed by atoms with Gasteiger partial charge in [-0.3, -0.25) is 9.55 Å². The highest BCUT2D eigenvalue weighted by Gasteiger charge is 2.23. The molecule has 1 aromatic carbocycles. The van der Waals surface area contributed by atoms with Gasteiger partial charge < -0.3 is 4.42 Å². The number of fused-ring (bicyclic) bond motifs is 1. The van der Waals surface area contributed by atoms with E-state index in [9.17, 15) is 13.2 Å². The van der Waals surface area contributed by atoms with Crippen LogP contribution in [-0.4, -0.2) is 29.3 Å². The van der Waals surface area contributed by atoms with E-state index in [0.29, 0.717) is 16.8 Å². The summed E-state index contributed by atoms with van der Waals surface area (Å²) in [5.74, 6) is -0.531. The van der Waals surface area contributed by atoms with E-state index < -0.39 is 15.8 Å². The zero-order valence-corrected chi connectivity index (χ0v) is 14.4. The van der Waals surface area contributed by atoms with E-state index in [1.165, 1.54) is 41.2 Å². The van der Waals surface area contributed by atoms with Crippen molar-refractivity contribution in [1.29, 1.82) is 0 Å². The Labute approximate surface area is 139 Å². The fourth-order valence-electron chi connectivity index (χ4n) is 2.43. The fraction of sp³-hybridized carbons (Fsp3) is 0.250. The van der Waals surface area contributed by atoms with Gasteiger partial charge in [-0.2, -0.15) is 4.31 Å². The number of oxazole rings is 1. The average molecular weight is 347 g/mol. The van der Waals surface area contributed by atoms with Gasteiger partial charge >= 0.3 is 5.76 Å². The Morgan fingerprint density at radius 2 is 2.04 bits per heavy atom. The monoisotopic (exact) mass is 347 g/mol. The molecule has 2 aromatic heterocycles. The SMILES string of the molecule is Cc1cccnc1CN(C)S(=O)(=O)c1ccc2oc(=O)n(C)c2c1. The van der Waals surface area contributed by atoms with Gasteiger partial charge in [0, 0.05) is 20.3 Å². The summed E-state index contributed by atoms with van der Waals surface area (Å²) < 4.78 is 33.1. The molecule has 2 heterocycles. The third-order valence-corrected chi connectivity index (χ3v) is 5.76. The second kappa shape index (κ2) is 5.88. The third kappa shape index (κ3) is 2.74. The Hall–Kier alpha value is -2.45. The largest absolute Gasteiger partial charge is 0.419 e. The van der Waals surface area contributed by atoms with E-state index in [0.717, 1.165) is 5.56 Å². The molecule has 3 aromatic rings. The Kier molecular flexibility index (Phi) is 4.02. The molecule has 0 fully saturated rings. The maximum atomic E-state index is 12.8. The number of sulfonamides is 1. The molecule has 8 heteroatoms. The quantitative estimate of drug-likeness (QED) is 0.716. The molecule has 0 N–H and O–H groups in total. The molecule has 126 valence electrons. The van der Waals surface area contributed by atoms with Crippen LogP contribution in [0.3, 0.4) is 0 Å². The van der Waals surface area contributed by atoms with Crippen LogP contribution in [0.4, 0.5) is 0 Å². The first-order valence-electron chi connectivity index (χ1n) is 7.27. The van der Waals surface area contributed by atoms with Crippen LogP contribution >= 0.6 is 0 Å². The summed E-state index contributed by atoms with van der Waals surface area (Å²) in [6.07, 6.45) is 1.64. The van der Waals surface area contributed by atoms with Crippen LogP contribution in [0, 0.1) is 6.92 Å². The van der Waals surface area contributed by atoms with E-state index in [1.54, 1.807) is 12.3 Å². The van der Waals surface area contributed by atoms with Crippen LogP contribution in [0.15, 0.2) is 50.6 Å². The van der Waals surface area contributed by atoms with Crippen molar-refractivity contribution in [2.75, 3.05) is 7.05 Å². The Morgan fingerprint density at radius 3 is 2.75 bits per heavy atom. The molecule has 0 aliphatic rings. The summed E-state index contributed by atoms with van der Waals surface area (Å²) >= 11 is 0. The summed E-state index contributed by atoms with van der Waals surface area (Å²) in [6, 6.07) is 8.06. The number of hydrogen-bond acceptors (Lipinski definition) is 5. The van der Waals surface area contributed by atoms with Gasteiger partial charge in [0.05, 0.1) is 22.7 Å². The number of hydrogen-bond donors (Lipinski definition) is 0. The van der Waals surface area contributed by atoms with Crippen LogP contribution in [0.1, 0.15) is 11.3 Å². The smallest absolute Gasteiger partial charge is 0.408 e. The molecule has 0 atom stereocenters. The van der Waals surface area contributed by atoms with Crippen LogP contribution in [0.25, 0.3) is 11.1 Å². The average Bonchev–Trinajstić information content (AvgIpc) is 2.84.